The maximum Gasteiger partial charge on any atom is 0.409 e. The van der Waals surface area contributed by atoms with Gasteiger partial charge in [-0.25, -0.2) is 14.0 Å². The summed E-state index contributed by atoms with van der Waals surface area (Å²) in [5, 5.41) is 20.5. The van der Waals surface area contributed by atoms with Crippen molar-refractivity contribution in [2.75, 3.05) is 10.6 Å². The summed E-state index contributed by atoms with van der Waals surface area (Å²) in [6, 6.07) is 3.02. The van der Waals surface area contributed by atoms with Crippen LogP contribution in [0.3, 0.4) is 0 Å². The molecule has 0 atom stereocenters. The fourth-order valence-electron chi connectivity index (χ4n) is 0.981. The van der Waals surface area contributed by atoms with Crippen LogP contribution in [-0.4, -0.2) is 22.4 Å². The molecule has 0 spiro atoms. The summed E-state index contributed by atoms with van der Waals surface area (Å²) in [5.74, 6) is -0.745. The number of carbonyl (C=O) groups is 2. The highest BCUT2D eigenvalue weighted by Gasteiger charge is 2.05. The number of rotatable bonds is 2. The number of benzene rings is 1. The monoisotopic (exact) mass is 214 g/mol. The molecule has 0 aromatic heterocycles. The first-order valence-electron chi connectivity index (χ1n) is 3.78. The molecule has 80 valence electrons. The Morgan fingerprint density at radius 1 is 1.00 bits per heavy atom. The van der Waals surface area contributed by atoms with Crippen molar-refractivity contribution in [2.24, 2.45) is 0 Å². The van der Waals surface area contributed by atoms with Crippen LogP contribution in [0.1, 0.15) is 0 Å². The van der Waals surface area contributed by atoms with E-state index in [0.29, 0.717) is 0 Å². The average Bonchev–Trinajstić information content (AvgIpc) is 1.98. The van der Waals surface area contributed by atoms with Crippen molar-refractivity contribution in [1.82, 2.24) is 0 Å². The highest BCUT2D eigenvalue weighted by molar-refractivity contribution is 5.87. The normalized spacial score (nSPS) is 9.40. The van der Waals surface area contributed by atoms with Crippen LogP contribution in [0.4, 0.5) is 25.4 Å². The Balaban J connectivity index is 2.94. The second-order valence-electron chi connectivity index (χ2n) is 2.59. The van der Waals surface area contributed by atoms with Crippen molar-refractivity contribution >= 4 is 23.6 Å². The number of amides is 2. The Bertz CT molecular complexity index is 373. The Morgan fingerprint density at radius 2 is 1.40 bits per heavy atom. The summed E-state index contributed by atoms with van der Waals surface area (Å²) in [7, 11) is 0. The van der Waals surface area contributed by atoms with Crippen molar-refractivity contribution in [3.63, 3.8) is 0 Å². The smallest absolute Gasteiger partial charge is 0.409 e. The third kappa shape index (κ3) is 3.51. The number of hydrogen-bond donors (Lipinski definition) is 4. The van der Waals surface area contributed by atoms with E-state index < -0.39 is 18.0 Å². The molecule has 0 saturated heterocycles. The van der Waals surface area contributed by atoms with Crippen molar-refractivity contribution < 1.29 is 24.2 Å². The van der Waals surface area contributed by atoms with E-state index in [1.807, 2.05) is 10.6 Å². The summed E-state index contributed by atoms with van der Waals surface area (Å²) in [4.78, 5) is 20.5. The van der Waals surface area contributed by atoms with E-state index in [2.05, 4.69) is 0 Å². The molecule has 0 saturated carbocycles. The maximum atomic E-state index is 12.9. The number of anilines is 2. The Labute approximate surface area is 83.3 Å². The molecule has 1 aromatic rings. The predicted octanol–water partition coefficient (Wildman–Crippen LogP) is 2.01. The zero-order valence-corrected chi connectivity index (χ0v) is 7.32. The van der Waals surface area contributed by atoms with E-state index in [1.54, 1.807) is 0 Å². The first-order chi connectivity index (χ1) is 6.97. The Kier molecular flexibility index (Phi) is 3.06. The van der Waals surface area contributed by atoms with Gasteiger partial charge in [-0.3, -0.25) is 10.6 Å². The van der Waals surface area contributed by atoms with Crippen molar-refractivity contribution in [1.29, 1.82) is 0 Å². The molecular weight excluding hydrogens is 207 g/mol. The lowest BCUT2D eigenvalue weighted by Gasteiger charge is -2.05. The number of halogens is 1. The van der Waals surface area contributed by atoms with Gasteiger partial charge in [-0.1, -0.05) is 0 Å². The summed E-state index contributed by atoms with van der Waals surface area (Å²) >= 11 is 0. The molecule has 0 aliphatic rings. The number of nitrogens with one attached hydrogen (secondary N) is 2. The van der Waals surface area contributed by atoms with Crippen LogP contribution in [0.15, 0.2) is 18.2 Å². The van der Waals surface area contributed by atoms with Crippen LogP contribution in [-0.2, 0) is 0 Å². The zero-order valence-electron chi connectivity index (χ0n) is 7.32. The van der Waals surface area contributed by atoms with Gasteiger partial charge in [0.2, 0.25) is 0 Å². The largest absolute Gasteiger partial charge is 0.465 e. The second-order valence-corrected chi connectivity index (χ2v) is 2.59. The molecule has 2 amide bonds. The van der Waals surface area contributed by atoms with Gasteiger partial charge in [-0.15, -0.1) is 0 Å². The lowest BCUT2D eigenvalue weighted by molar-refractivity contribution is 0.208. The molecular formula is C8H7FN2O4. The van der Waals surface area contributed by atoms with E-state index in [4.69, 9.17) is 10.2 Å². The molecule has 0 radical (unpaired) electrons. The van der Waals surface area contributed by atoms with Gasteiger partial charge >= 0.3 is 12.2 Å². The van der Waals surface area contributed by atoms with Gasteiger partial charge < -0.3 is 10.2 Å². The second kappa shape index (κ2) is 4.27. The molecule has 6 nitrogen and oxygen atoms in total. The Morgan fingerprint density at radius 3 is 1.73 bits per heavy atom. The van der Waals surface area contributed by atoms with Gasteiger partial charge in [0.05, 0.1) is 0 Å². The summed E-state index contributed by atoms with van der Waals surface area (Å²) in [6.45, 7) is 0. The SMILES string of the molecule is O=C(O)Nc1cc(F)cc(NC(=O)O)c1. The summed E-state index contributed by atoms with van der Waals surface area (Å²) in [6.07, 6.45) is -2.72. The van der Waals surface area contributed by atoms with Gasteiger partial charge in [-0.05, 0) is 18.2 Å². The molecule has 15 heavy (non-hydrogen) atoms. The van der Waals surface area contributed by atoms with Gasteiger partial charge in [0.1, 0.15) is 5.82 Å². The predicted molar refractivity (Wildman–Crippen MR) is 49.7 cm³/mol. The fourth-order valence-corrected chi connectivity index (χ4v) is 0.981. The third-order valence-electron chi connectivity index (χ3n) is 1.40. The van der Waals surface area contributed by atoms with Crippen molar-refractivity contribution in [3.8, 4) is 0 Å². The van der Waals surface area contributed by atoms with Crippen molar-refractivity contribution in [3.05, 3.63) is 24.0 Å². The standard InChI is InChI=1S/C8H7FN2O4/c9-4-1-5(10-7(12)13)3-6(2-4)11-8(14)15/h1-3,10-11H,(H,12,13)(H,14,15). The molecule has 0 unspecified atom stereocenters. The molecule has 7 heteroatoms. The minimum atomic E-state index is -1.36. The van der Waals surface area contributed by atoms with Crippen LogP contribution in [0, 0.1) is 5.82 Å². The lowest BCUT2D eigenvalue weighted by Crippen LogP contribution is -2.10. The molecule has 0 bridgehead atoms. The molecule has 1 aromatic carbocycles. The minimum absolute atomic E-state index is 0.0498. The molecule has 1 rings (SSSR count). The average molecular weight is 214 g/mol. The topological polar surface area (TPSA) is 98.7 Å². The first-order valence-corrected chi connectivity index (χ1v) is 3.78. The van der Waals surface area contributed by atoms with E-state index in [9.17, 15) is 14.0 Å². The van der Waals surface area contributed by atoms with Gasteiger partial charge in [0.15, 0.2) is 0 Å². The third-order valence-corrected chi connectivity index (χ3v) is 1.40. The van der Waals surface area contributed by atoms with E-state index >= 15 is 0 Å². The molecule has 0 aliphatic heterocycles. The van der Waals surface area contributed by atoms with E-state index in [0.717, 1.165) is 18.2 Å². The fraction of sp³-hybridized carbons (Fsp3) is 0. The highest BCUT2D eigenvalue weighted by Crippen LogP contribution is 2.17. The molecule has 4 N–H and O–H groups in total. The zero-order chi connectivity index (χ0) is 11.4. The van der Waals surface area contributed by atoms with Gasteiger partial charge in [-0.2, -0.15) is 0 Å². The van der Waals surface area contributed by atoms with Crippen molar-refractivity contribution in [2.45, 2.75) is 0 Å². The molecule has 0 fully saturated rings. The lowest BCUT2D eigenvalue weighted by atomic mass is 10.2. The quantitative estimate of drug-likeness (QED) is 0.605. The summed E-state index contributed by atoms with van der Waals surface area (Å²) < 4.78 is 12.9. The molecule has 0 heterocycles. The number of carboxylic acid groups (broad SMARTS) is 2. The maximum absolute atomic E-state index is 12.9. The number of hydrogen-bond acceptors (Lipinski definition) is 2. The van der Waals surface area contributed by atoms with E-state index in [-0.39, 0.29) is 11.4 Å². The highest BCUT2D eigenvalue weighted by atomic mass is 19.1. The van der Waals surface area contributed by atoms with Gasteiger partial charge in [0.25, 0.3) is 0 Å². The van der Waals surface area contributed by atoms with Crippen LogP contribution >= 0.6 is 0 Å². The van der Waals surface area contributed by atoms with Crippen LogP contribution in [0.25, 0.3) is 0 Å². The van der Waals surface area contributed by atoms with Crippen LogP contribution in [0.5, 0.6) is 0 Å². The Hall–Kier alpha value is -2.31. The first kappa shape index (κ1) is 10.8. The van der Waals surface area contributed by atoms with E-state index in [1.165, 1.54) is 0 Å². The minimum Gasteiger partial charge on any atom is -0.465 e. The summed E-state index contributed by atoms with van der Waals surface area (Å²) in [5.41, 5.74) is -0.0995. The van der Waals surface area contributed by atoms with Crippen LogP contribution in [0.2, 0.25) is 0 Å². The van der Waals surface area contributed by atoms with Crippen LogP contribution < -0.4 is 10.6 Å². The molecule has 0 aliphatic carbocycles. The van der Waals surface area contributed by atoms with Gasteiger partial charge in [0, 0.05) is 11.4 Å².